The molecule has 0 spiro atoms. The van der Waals surface area contributed by atoms with Crippen molar-refractivity contribution in [1.29, 1.82) is 0 Å². The van der Waals surface area contributed by atoms with E-state index in [1.54, 1.807) is 6.92 Å². The molecule has 0 bridgehead atoms. The van der Waals surface area contributed by atoms with Crippen molar-refractivity contribution < 1.29 is 29.7 Å². The summed E-state index contributed by atoms with van der Waals surface area (Å²) in [6.45, 7) is 1.74. The van der Waals surface area contributed by atoms with E-state index in [2.05, 4.69) is 0 Å². The Morgan fingerprint density at radius 3 is 2.59 bits per heavy atom. The smallest absolute Gasteiger partial charge is 0.354 e. The Balaban J connectivity index is 2.15. The minimum absolute atomic E-state index is 0.00416. The van der Waals surface area contributed by atoms with Gasteiger partial charge in [-0.05, 0) is 6.42 Å². The molecule has 2 heterocycles. The second-order valence-electron chi connectivity index (χ2n) is 4.91. The van der Waals surface area contributed by atoms with Gasteiger partial charge in [0.15, 0.2) is 5.70 Å². The van der Waals surface area contributed by atoms with E-state index in [1.165, 1.54) is 0 Å². The zero-order valence-electron chi connectivity index (χ0n) is 11.6. The standard InChI is InChI=1S/C12H16N2O6S2/c1-2-5(15)6-8(16)14-7(11(19)20)12(22-9(6)14)21-3-4(13)10(17)18/h4-6,9,15H,2-3,13H2,1H3,(H,17,18)(H,19,20)/t4-,5?,6-,9+/m0/s1. The van der Waals surface area contributed by atoms with Crippen molar-refractivity contribution in [1.82, 2.24) is 4.90 Å². The number of nitrogens with two attached hydrogens (primary N) is 1. The number of hydrogen-bond donors (Lipinski definition) is 4. The molecule has 4 atom stereocenters. The van der Waals surface area contributed by atoms with E-state index in [0.717, 1.165) is 28.4 Å². The molecule has 2 rings (SSSR count). The van der Waals surface area contributed by atoms with E-state index in [4.69, 9.17) is 10.8 Å². The number of nitrogens with zero attached hydrogens (tertiary/aromatic N) is 1. The lowest BCUT2D eigenvalue weighted by Gasteiger charge is -2.44. The van der Waals surface area contributed by atoms with Crippen molar-refractivity contribution in [3.8, 4) is 0 Å². The molecule has 0 aromatic rings. The number of thioether (sulfide) groups is 2. The molecule has 0 aromatic carbocycles. The minimum Gasteiger partial charge on any atom is -0.480 e. The highest BCUT2D eigenvalue weighted by atomic mass is 32.2. The Hall–Kier alpha value is -1.23. The molecule has 0 saturated carbocycles. The van der Waals surface area contributed by atoms with Crippen molar-refractivity contribution in [2.75, 3.05) is 5.75 Å². The van der Waals surface area contributed by atoms with Crippen LogP contribution in [0.25, 0.3) is 0 Å². The van der Waals surface area contributed by atoms with Crippen LogP contribution in [0.5, 0.6) is 0 Å². The average Bonchev–Trinajstić information content (AvgIpc) is 2.79. The lowest BCUT2D eigenvalue weighted by Crippen LogP contribution is -2.61. The van der Waals surface area contributed by atoms with Gasteiger partial charge in [0.25, 0.3) is 0 Å². The van der Waals surface area contributed by atoms with Crippen LogP contribution >= 0.6 is 23.5 Å². The highest BCUT2D eigenvalue weighted by molar-refractivity contribution is 8.22. The second-order valence-corrected chi connectivity index (χ2v) is 7.33. The van der Waals surface area contributed by atoms with Crippen LogP contribution < -0.4 is 5.73 Å². The number of amides is 1. The molecule has 1 amide bonds. The van der Waals surface area contributed by atoms with Gasteiger partial charge in [-0.25, -0.2) is 4.79 Å². The summed E-state index contributed by atoms with van der Waals surface area (Å²) < 4.78 is 0.355. The molecule has 0 aliphatic carbocycles. The van der Waals surface area contributed by atoms with Crippen molar-refractivity contribution in [2.24, 2.45) is 11.7 Å². The van der Waals surface area contributed by atoms with Gasteiger partial charge in [0, 0.05) is 5.75 Å². The summed E-state index contributed by atoms with van der Waals surface area (Å²) in [5.74, 6) is -3.46. The lowest BCUT2D eigenvalue weighted by atomic mass is 9.90. The van der Waals surface area contributed by atoms with Crippen LogP contribution in [0.15, 0.2) is 9.93 Å². The number of carboxylic acid groups (broad SMARTS) is 2. The lowest BCUT2D eigenvalue weighted by molar-refractivity contribution is -0.157. The molecule has 8 nitrogen and oxygen atoms in total. The Labute approximate surface area is 134 Å². The molecule has 122 valence electrons. The van der Waals surface area contributed by atoms with Gasteiger partial charge >= 0.3 is 11.9 Å². The highest BCUT2D eigenvalue weighted by Gasteiger charge is 2.58. The normalized spacial score (nSPS) is 26.5. The number of hydrogen-bond acceptors (Lipinski definition) is 7. The highest BCUT2D eigenvalue weighted by Crippen LogP contribution is 2.53. The van der Waals surface area contributed by atoms with Gasteiger partial charge in [0.05, 0.1) is 16.3 Å². The number of aliphatic hydroxyl groups excluding tert-OH is 1. The quantitative estimate of drug-likeness (QED) is 0.456. The number of β-lactam (4-membered cyclic amide) rings is 1. The molecule has 22 heavy (non-hydrogen) atoms. The number of carbonyl (C=O) groups is 3. The Kier molecular flexibility index (Phi) is 5.05. The van der Waals surface area contributed by atoms with Gasteiger partial charge in [-0.3, -0.25) is 14.5 Å². The fourth-order valence-corrected chi connectivity index (χ4v) is 5.10. The SMILES string of the molecule is CCC(O)[C@H]1C(=O)N2C(C(=O)O)=C(SC[C@H](N)C(=O)O)S[C@H]12. The van der Waals surface area contributed by atoms with Crippen LogP contribution in [0, 0.1) is 5.92 Å². The van der Waals surface area contributed by atoms with Gasteiger partial charge in [0.1, 0.15) is 11.4 Å². The van der Waals surface area contributed by atoms with E-state index in [-0.39, 0.29) is 11.4 Å². The third-order valence-corrected chi connectivity index (χ3v) is 6.27. The van der Waals surface area contributed by atoms with E-state index < -0.39 is 41.3 Å². The maximum atomic E-state index is 12.1. The summed E-state index contributed by atoms with van der Waals surface area (Å²) in [6.07, 6.45) is -0.419. The molecular weight excluding hydrogens is 332 g/mol. The molecule has 5 N–H and O–H groups in total. The number of carbonyl (C=O) groups excluding carboxylic acids is 1. The van der Waals surface area contributed by atoms with Crippen LogP contribution in [0.3, 0.4) is 0 Å². The number of aliphatic hydroxyl groups is 1. The Morgan fingerprint density at radius 1 is 1.45 bits per heavy atom. The summed E-state index contributed by atoms with van der Waals surface area (Å²) in [5, 5.41) is 27.5. The monoisotopic (exact) mass is 348 g/mol. The fourth-order valence-electron chi connectivity index (χ4n) is 2.25. The molecular formula is C12H16N2O6S2. The predicted molar refractivity (Wildman–Crippen MR) is 80.7 cm³/mol. The van der Waals surface area contributed by atoms with E-state index in [9.17, 15) is 24.6 Å². The van der Waals surface area contributed by atoms with Crippen LogP contribution in [0.4, 0.5) is 0 Å². The van der Waals surface area contributed by atoms with E-state index in [1.807, 2.05) is 0 Å². The maximum Gasteiger partial charge on any atom is 0.354 e. The number of carboxylic acids is 2. The summed E-state index contributed by atoms with van der Waals surface area (Å²) in [6, 6.07) is -1.12. The molecule has 1 unspecified atom stereocenters. The first-order valence-electron chi connectivity index (χ1n) is 6.56. The summed E-state index contributed by atoms with van der Waals surface area (Å²) in [4.78, 5) is 35.3. The summed E-state index contributed by atoms with van der Waals surface area (Å²) in [7, 11) is 0. The van der Waals surface area contributed by atoms with Crippen molar-refractivity contribution >= 4 is 41.4 Å². The third-order valence-electron chi connectivity index (χ3n) is 3.49. The first-order valence-corrected chi connectivity index (χ1v) is 8.42. The zero-order chi connectivity index (χ0) is 16.6. The second kappa shape index (κ2) is 6.49. The zero-order valence-corrected chi connectivity index (χ0v) is 13.3. The first kappa shape index (κ1) is 17.1. The van der Waals surface area contributed by atoms with E-state index in [0.29, 0.717) is 10.7 Å². The van der Waals surface area contributed by atoms with Gasteiger partial charge in [-0.15, -0.1) is 11.8 Å². The maximum absolute atomic E-state index is 12.1. The van der Waals surface area contributed by atoms with Crippen LogP contribution in [0.2, 0.25) is 0 Å². The topological polar surface area (TPSA) is 141 Å². The molecule has 2 aliphatic heterocycles. The number of rotatable bonds is 7. The summed E-state index contributed by atoms with van der Waals surface area (Å²) in [5.41, 5.74) is 5.25. The van der Waals surface area contributed by atoms with Crippen molar-refractivity contribution in [2.45, 2.75) is 30.9 Å². The van der Waals surface area contributed by atoms with Crippen LogP contribution in [0.1, 0.15) is 13.3 Å². The number of aliphatic carboxylic acids is 2. The molecule has 1 fully saturated rings. The van der Waals surface area contributed by atoms with E-state index >= 15 is 0 Å². The van der Waals surface area contributed by atoms with Gasteiger partial charge < -0.3 is 21.1 Å². The Morgan fingerprint density at radius 2 is 2.09 bits per heavy atom. The van der Waals surface area contributed by atoms with Gasteiger partial charge in [-0.2, -0.15) is 0 Å². The molecule has 1 saturated heterocycles. The van der Waals surface area contributed by atoms with Gasteiger partial charge in [0.2, 0.25) is 5.91 Å². The largest absolute Gasteiger partial charge is 0.480 e. The predicted octanol–water partition coefficient (Wildman–Crippen LogP) is -0.313. The van der Waals surface area contributed by atoms with Crippen molar-refractivity contribution in [3.05, 3.63) is 9.93 Å². The minimum atomic E-state index is -1.25. The van der Waals surface area contributed by atoms with Gasteiger partial charge in [-0.1, -0.05) is 18.7 Å². The Bertz CT molecular complexity index is 552. The fraction of sp³-hybridized carbons (Fsp3) is 0.583. The average molecular weight is 348 g/mol. The van der Waals surface area contributed by atoms with Crippen LogP contribution in [-0.2, 0) is 14.4 Å². The molecule has 0 radical (unpaired) electrons. The molecule has 10 heteroatoms. The first-order chi connectivity index (χ1) is 10.3. The third kappa shape index (κ3) is 2.83. The molecule has 2 aliphatic rings. The van der Waals surface area contributed by atoms with Crippen LogP contribution in [-0.4, -0.2) is 61.3 Å². The number of fused-ring (bicyclic) bond motifs is 1. The van der Waals surface area contributed by atoms with Crippen molar-refractivity contribution in [3.63, 3.8) is 0 Å². The molecule has 0 aromatic heterocycles. The summed E-state index contributed by atoms with van der Waals surface area (Å²) >= 11 is 2.17.